The molecule has 7 heteroatoms. The van der Waals surface area contributed by atoms with E-state index in [0.717, 1.165) is 30.0 Å². The molecule has 0 spiro atoms. The van der Waals surface area contributed by atoms with Gasteiger partial charge in [0.2, 0.25) is 5.91 Å². The molecule has 1 amide bonds. The van der Waals surface area contributed by atoms with Gasteiger partial charge in [0.1, 0.15) is 6.54 Å². The number of anilines is 1. The molecule has 0 aliphatic heterocycles. The number of halogens is 1. The highest BCUT2D eigenvalue weighted by molar-refractivity contribution is 7.92. The second-order valence-corrected chi connectivity index (χ2v) is 9.30. The van der Waals surface area contributed by atoms with Crippen LogP contribution in [0.4, 0.5) is 5.69 Å². The molecule has 3 rings (SSSR count). The first-order chi connectivity index (χ1) is 13.5. The first kappa shape index (κ1) is 20.7. The summed E-state index contributed by atoms with van der Waals surface area (Å²) in [7, 11) is -3.93. The van der Waals surface area contributed by atoms with Crippen molar-refractivity contribution in [3.05, 3.63) is 59.6 Å². The molecular formula is C21H25ClN2O3S. The number of hydrogen-bond donors (Lipinski definition) is 1. The topological polar surface area (TPSA) is 66.5 Å². The van der Waals surface area contributed by atoms with Crippen LogP contribution in [0.2, 0.25) is 5.02 Å². The van der Waals surface area contributed by atoms with E-state index in [-0.39, 0.29) is 28.4 Å². The zero-order chi connectivity index (χ0) is 20.0. The van der Waals surface area contributed by atoms with Crippen molar-refractivity contribution in [2.45, 2.75) is 49.5 Å². The van der Waals surface area contributed by atoms with Crippen LogP contribution in [0.3, 0.4) is 0 Å². The lowest BCUT2D eigenvalue weighted by Crippen LogP contribution is -2.44. The lowest BCUT2D eigenvalue weighted by molar-refractivity contribution is -0.120. The van der Waals surface area contributed by atoms with Gasteiger partial charge in [-0.2, -0.15) is 0 Å². The molecule has 1 aliphatic rings. The van der Waals surface area contributed by atoms with Crippen molar-refractivity contribution in [1.82, 2.24) is 5.32 Å². The van der Waals surface area contributed by atoms with Crippen molar-refractivity contribution in [3.63, 3.8) is 0 Å². The first-order valence-corrected chi connectivity index (χ1v) is 11.4. The third-order valence-electron chi connectivity index (χ3n) is 4.96. The normalized spacial score (nSPS) is 15.6. The monoisotopic (exact) mass is 420 g/mol. The van der Waals surface area contributed by atoms with Gasteiger partial charge in [-0.25, -0.2) is 8.42 Å². The Labute approximate surface area is 171 Å². The standard InChI is InChI=1S/C21H25ClN2O3S/c22-19-14-8-9-15-20(19)24(28(26,27)18-12-6-3-7-13-18)16-21(25)23-17-10-4-1-2-5-11-17/h3,6-9,12-15,17H,1-2,4-5,10-11,16H2,(H,23,25). The van der Waals surface area contributed by atoms with E-state index in [4.69, 9.17) is 11.6 Å². The molecule has 2 aromatic carbocycles. The quantitative estimate of drug-likeness (QED) is 0.705. The van der Waals surface area contributed by atoms with Crippen LogP contribution in [0.1, 0.15) is 38.5 Å². The van der Waals surface area contributed by atoms with Gasteiger partial charge in [-0.1, -0.05) is 67.6 Å². The van der Waals surface area contributed by atoms with Crippen molar-refractivity contribution in [1.29, 1.82) is 0 Å². The van der Waals surface area contributed by atoms with Gasteiger partial charge in [0, 0.05) is 6.04 Å². The smallest absolute Gasteiger partial charge is 0.264 e. The highest BCUT2D eigenvalue weighted by Gasteiger charge is 2.29. The third-order valence-corrected chi connectivity index (χ3v) is 7.05. The van der Waals surface area contributed by atoms with Gasteiger partial charge < -0.3 is 5.32 Å². The summed E-state index contributed by atoms with van der Waals surface area (Å²) in [4.78, 5) is 12.9. The predicted octanol–water partition coefficient (Wildman–Crippen LogP) is 4.37. The fraction of sp³-hybridized carbons (Fsp3) is 0.381. The SMILES string of the molecule is O=C(CN(c1ccccc1Cl)S(=O)(=O)c1ccccc1)NC1CCCCCC1. The third kappa shape index (κ3) is 5.06. The molecule has 0 aromatic heterocycles. The van der Waals surface area contributed by atoms with E-state index in [1.54, 1.807) is 42.5 Å². The van der Waals surface area contributed by atoms with Gasteiger partial charge in [0.05, 0.1) is 15.6 Å². The molecule has 1 fully saturated rings. The number of carbonyl (C=O) groups is 1. The molecule has 0 atom stereocenters. The summed E-state index contributed by atoms with van der Waals surface area (Å²) in [6, 6.07) is 14.9. The van der Waals surface area contributed by atoms with Gasteiger partial charge in [-0.05, 0) is 37.1 Å². The van der Waals surface area contributed by atoms with Gasteiger partial charge in [-0.3, -0.25) is 9.10 Å². The maximum atomic E-state index is 13.3. The lowest BCUT2D eigenvalue weighted by Gasteiger charge is -2.26. The van der Waals surface area contributed by atoms with E-state index in [1.807, 2.05) is 0 Å². The molecule has 0 saturated heterocycles. The predicted molar refractivity (Wildman–Crippen MR) is 112 cm³/mol. The number of para-hydroxylation sites is 1. The second kappa shape index (κ2) is 9.43. The summed E-state index contributed by atoms with van der Waals surface area (Å²) in [5.74, 6) is -0.314. The fourth-order valence-corrected chi connectivity index (χ4v) is 5.25. The number of nitrogens with zero attached hydrogens (tertiary/aromatic N) is 1. The van der Waals surface area contributed by atoms with Crippen molar-refractivity contribution in [3.8, 4) is 0 Å². The van der Waals surface area contributed by atoms with Crippen LogP contribution in [-0.4, -0.2) is 26.9 Å². The van der Waals surface area contributed by atoms with Crippen LogP contribution in [0.25, 0.3) is 0 Å². The number of benzene rings is 2. The summed E-state index contributed by atoms with van der Waals surface area (Å²) < 4.78 is 27.6. The lowest BCUT2D eigenvalue weighted by atomic mass is 10.1. The Morgan fingerprint density at radius 1 is 0.964 bits per heavy atom. The minimum atomic E-state index is -3.93. The second-order valence-electron chi connectivity index (χ2n) is 7.03. The van der Waals surface area contributed by atoms with Gasteiger partial charge in [0.25, 0.3) is 10.0 Å². The molecule has 2 aromatic rings. The summed E-state index contributed by atoms with van der Waals surface area (Å²) in [5, 5.41) is 3.30. The average Bonchev–Trinajstić information content (AvgIpc) is 2.96. The van der Waals surface area contributed by atoms with Crippen molar-refractivity contribution >= 4 is 33.2 Å². The van der Waals surface area contributed by atoms with Crippen LogP contribution >= 0.6 is 11.6 Å². The number of hydrogen-bond acceptors (Lipinski definition) is 3. The zero-order valence-corrected chi connectivity index (χ0v) is 17.3. The van der Waals surface area contributed by atoms with Crippen LogP contribution < -0.4 is 9.62 Å². The number of nitrogens with one attached hydrogen (secondary N) is 1. The van der Waals surface area contributed by atoms with E-state index in [9.17, 15) is 13.2 Å². The number of amides is 1. The minimum absolute atomic E-state index is 0.0996. The molecule has 0 unspecified atom stereocenters. The van der Waals surface area contributed by atoms with Gasteiger partial charge >= 0.3 is 0 Å². The van der Waals surface area contributed by atoms with E-state index in [2.05, 4.69) is 5.32 Å². The van der Waals surface area contributed by atoms with E-state index in [0.29, 0.717) is 5.69 Å². The van der Waals surface area contributed by atoms with Gasteiger partial charge in [-0.15, -0.1) is 0 Å². The Morgan fingerprint density at radius 2 is 1.57 bits per heavy atom. The van der Waals surface area contributed by atoms with Crippen molar-refractivity contribution in [2.24, 2.45) is 0 Å². The van der Waals surface area contributed by atoms with Crippen LogP contribution in [0.15, 0.2) is 59.5 Å². The molecule has 0 bridgehead atoms. The molecule has 150 valence electrons. The number of rotatable bonds is 6. The summed E-state index contributed by atoms with van der Waals surface area (Å²) >= 11 is 6.27. The Morgan fingerprint density at radius 3 is 2.21 bits per heavy atom. The highest BCUT2D eigenvalue weighted by atomic mass is 35.5. The Balaban J connectivity index is 1.87. The van der Waals surface area contributed by atoms with E-state index < -0.39 is 10.0 Å². The first-order valence-electron chi connectivity index (χ1n) is 9.60. The highest BCUT2D eigenvalue weighted by Crippen LogP contribution is 2.30. The van der Waals surface area contributed by atoms with Crippen LogP contribution in [-0.2, 0) is 14.8 Å². The number of carbonyl (C=O) groups excluding carboxylic acids is 1. The molecule has 1 N–H and O–H groups in total. The molecule has 5 nitrogen and oxygen atoms in total. The number of sulfonamides is 1. The molecule has 1 saturated carbocycles. The van der Waals surface area contributed by atoms with E-state index >= 15 is 0 Å². The Bertz CT molecular complexity index is 895. The Kier molecular flexibility index (Phi) is 6.97. The average molecular weight is 421 g/mol. The molecular weight excluding hydrogens is 396 g/mol. The Hall–Kier alpha value is -2.05. The summed E-state index contributed by atoms with van der Waals surface area (Å²) in [6.07, 6.45) is 6.40. The maximum absolute atomic E-state index is 13.3. The molecule has 28 heavy (non-hydrogen) atoms. The molecule has 0 radical (unpaired) electrons. The van der Waals surface area contributed by atoms with Crippen LogP contribution in [0.5, 0.6) is 0 Å². The van der Waals surface area contributed by atoms with Gasteiger partial charge in [0.15, 0.2) is 0 Å². The summed E-state index contributed by atoms with van der Waals surface area (Å²) in [5.41, 5.74) is 0.295. The fourth-order valence-electron chi connectivity index (χ4n) is 3.50. The van der Waals surface area contributed by atoms with E-state index in [1.165, 1.54) is 25.0 Å². The minimum Gasteiger partial charge on any atom is -0.352 e. The summed E-state index contributed by atoms with van der Waals surface area (Å²) in [6.45, 7) is -0.308. The van der Waals surface area contributed by atoms with Crippen molar-refractivity contribution < 1.29 is 13.2 Å². The molecule has 0 heterocycles. The van der Waals surface area contributed by atoms with Crippen molar-refractivity contribution in [2.75, 3.05) is 10.8 Å². The zero-order valence-electron chi connectivity index (χ0n) is 15.7. The largest absolute Gasteiger partial charge is 0.352 e. The molecule has 1 aliphatic carbocycles. The maximum Gasteiger partial charge on any atom is 0.264 e. The van der Waals surface area contributed by atoms with Crippen LogP contribution in [0, 0.1) is 0 Å².